The molecule has 0 atom stereocenters. The van der Waals surface area contributed by atoms with E-state index in [-0.39, 0.29) is 12.5 Å². The first-order valence-corrected chi connectivity index (χ1v) is 8.53. The first-order chi connectivity index (χ1) is 12.6. The largest absolute Gasteiger partial charge is 0.493 e. The number of primary amides is 1. The van der Waals surface area contributed by atoms with Crippen LogP contribution in [0.5, 0.6) is 11.5 Å². The van der Waals surface area contributed by atoms with Crippen LogP contribution in [-0.2, 0) is 17.8 Å². The second kappa shape index (κ2) is 7.91. The van der Waals surface area contributed by atoms with Crippen LogP contribution < -0.4 is 15.2 Å². The average molecular weight is 354 g/mol. The van der Waals surface area contributed by atoms with Crippen LogP contribution in [0.1, 0.15) is 27.9 Å². The minimum atomic E-state index is -0.574. The molecule has 2 aromatic carbocycles. The molecule has 2 N–H and O–H groups in total. The van der Waals surface area contributed by atoms with E-state index in [1.54, 1.807) is 18.2 Å². The Labute approximate surface area is 152 Å². The monoisotopic (exact) mass is 354 g/mol. The Morgan fingerprint density at radius 2 is 1.88 bits per heavy atom. The van der Waals surface area contributed by atoms with Gasteiger partial charge in [-0.3, -0.25) is 9.59 Å². The third-order valence-corrected chi connectivity index (χ3v) is 4.42. The lowest BCUT2D eigenvalue weighted by Crippen LogP contribution is -2.30. The van der Waals surface area contributed by atoms with Crippen LogP contribution in [0.25, 0.3) is 0 Å². The fourth-order valence-electron chi connectivity index (χ4n) is 3.13. The zero-order chi connectivity index (χ0) is 18.5. The third-order valence-electron chi connectivity index (χ3n) is 4.42. The highest BCUT2D eigenvalue weighted by atomic mass is 16.5. The van der Waals surface area contributed by atoms with Gasteiger partial charge in [0.25, 0.3) is 11.8 Å². The van der Waals surface area contributed by atoms with Gasteiger partial charge >= 0.3 is 0 Å². The second-order valence-electron chi connectivity index (χ2n) is 6.22. The molecule has 0 radical (unpaired) electrons. The molecule has 0 aliphatic carbocycles. The molecule has 0 aromatic heterocycles. The summed E-state index contributed by atoms with van der Waals surface area (Å²) in [6, 6.07) is 13.2. The van der Waals surface area contributed by atoms with Crippen molar-refractivity contribution in [3.63, 3.8) is 0 Å². The summed E-state index contributed by atoms with van der Waals surface area (Å²) in [7, 11) is 1.49. The average Bonchev–Trinajstić information content (AvgIpc) is 2.88. The number of amides is 2. The van der Waals surface area contributed by atoms with E-state index in [9.17, 15) is 9.59 Å². The van der Waals surface area contributed by atoms with Crippen LogP contribution >= 0.6 is 0 Å². The number of nitrogens with zero attached hydrogens (tertiary/aromatic N) is 1. The first-order valence-electron chi connectivity index (χ1n) is 8.53. The van der Waals surface area contributed by atoms with Crippen LogP contribution in [0, 0.1) is 0 Å². The molecule has 1 heterocycles. The molecular formula is C20H22N2O4. The summed E-state index contributed by atoms with van der Waals surface area (Å²) in [5.41, 5.74) is 8.10. The van der Waals surface area contributed by atoms with Crippen LogP contribution in [0.15, 0.2) is 42.5 Å². The number of nitrogens with two attached hydrogens (primary N) is 1. The Bertz CT molecular complexity index is 819. The lowest BCUT2D eigenvalue weighted by atomic mass is 10.0. The summed E-state index contributed by atoms with van der Waals surface area (Å²) in [5, 5.41) is 0. The lowest BCUT2D eigenvalue weighted by Gasteiger charge is -2.21. The normalized spacial score (nSPS) is 13.5. The summed E-state index contributed by atoms with van der Waals surface area (Å²) >= 11 is 0. The van der Waals surface area contributed by atoms with Gasteiger partial charge in [0, 0.05) is 18.7 Å². The molecule has 0 unspecified atom stereocenters. The van der Waals surface area contributed by atoms with Gasteiger partial charge in [-0.1, -0.05) is 24.3 Å². The van der Waals surface area contributed by atoms with Crippen molar-refractivity contribution in [1.29, 1.82) is 0 Å². The summed E-state index contributed by atoms with van der Waals surface area (Å²) < 4.78 is 10.6. The zero-order valence-corrected chi connectivity index (χ0v) is 14.7. The maximum absolute atomic E-state index is 13.0. The number of benzene rings is 2. The van der Waals surface area contributed by atoms with E-state index in [2.05, 4.69) is 12.1 Å². The minimum Gasteiger partial charge on any atom is -0.493 e. The van der Waals surface area contributed by atoms with Gasteiger partial charge in [0.15, 0.2) is 18.1 Å². The maximum atomic E-state index is 13.0. The van der Waals surface area contributed by atoms with Crippen LogP contribution in [0.4, 0.5) is 0 Å². The van der Waals surface area contributed by atoms with Gasteiger partial charge in [0.2, 0.25) is 0 Å². The molecule has 2 amide bonds. The molecule has 6 nitrogen and oxygen atoms in total. The predicted octanol–water partition coefficient (Wildman–Crippen LogP) is 2.15. The molecule has 0 bridgehead atoms. The Kier molecular flexibility index (Phi) is 5.41. The minimum absolute atomic E-state index is 0.0542. The van der Waals surface area contributed by atoms with E-state index in [0.717, 1.165) is 12.8 Å². The maximum Gasteiger partial charge on any atom is 0.255 e. The van der Waals surface area contributed by atoms with Crippen LogP contribution in [0.3, 0.4) is 0 Å². The molecule has 6 heteroatoms. The molecule has 0 fully saturated rings. The fraction of sp³-hybridized carbons (Fsp3) is 0.300. The molecule has 1 aliphatic rings. The highest BCUT2D eigenvalue weighted by Crippen LogP contribution is 2.29. The third kappa shape index (κ3) is 3.96. The van der Waals surface area contributed by atoms with Crippen molar-refractivity contribution in [1.82, 2.24) is 4.90 Å². The molecular weight excluding hydrogens is 332 g/mol. The van der Waals surface area contributed by atoms with Gasteiger partial charge in [-0.2, -0.15) is 0 Å². The molecule has 0 saturated carbocycles. The van der Waals surface area contributed by atoms with E-state index in [1.165, 1.54) is 18.2 Å². The summed E-state index contributed by atoms with van der Waals surface area (Å²) in [6.07, 6.45) is 1.91. The molecule has 3 rings (SSSR count). The van der Waals surface area contributed by atoms with E-state index in [0.29, 0.717) is 30.2 Å². The van der Waals surface area contributed by atoms with Crippen molar-refractivity contribution in [3.8, 4) is 11.5 Å². The molecule has 26 heavy (non-hydrogen) atoms. The van der Waals surface area contributed by atoms with E-state index in [4.69, 9.17) is 15.2 Å². The Balaban J connectivity index is 1.80. The van der Waals surface area contributed by atoms with Crippen LogP contribution in [-0.4, -0.2) is 37.0 Å². The standard InChI is InChI=1S/C20H22N2O4/c1-25-18-11-15(8-9-17(18)26-13-19(21)23)20(24)22-10-4-7-14-5-2-3-6-16(14)12-22/h2-3,5-6,8-9,11H,4,7,10,12-13H2,1H3,(H2,21,23). The highest BCUT2D eigenvalue weighted by Gasteiger charge is 2.21. The number of rotatable bonds is 5. The van der Waals surface area contributed by atoms with Crippen LogP contribution in [0.2, 0.25) is 0 Å². The quantitative estimate of drug-likeness (QED) is 0.892. The first kappa shape index (κ1) is 17.8. The van der Waals surface area contributed by atoms with Gasteiger partial charge in [0.05, 0.1) is 7.11 Å². The van der Waals surface area contributed by atoms with Gasteiger partial charge in [-0.15, -0.1) is 0 Å². The SMILES string of the molecule is COc1cc(C(=O)N2CCCc3ccccc3C2)ccc1OCC(N)=O. The molecule has 136 valence electrons. The van der Waals surface area contributed by atoms with Gasteiger partial charge in [-0.05, 0) is 42.2 Å². The number of hydrogen-bond donors (Lipinski definition) is 1. The number of carbonyl (C=O) groups is 2. The van der Waals surface area contributed by atoms with Gasteiger partial charge in [-0.25, -0.2) is 0 Å². The van der Waals surface area contributed by atoms with E-state index in [1.807, 2.05) is 17.0 Å². The van der Waals surface area contributed by atoms with Gasteiger partial charge < -0.3 is 20.1 Å². The molecule has 0 spiro atoms. The van der Waals surface area contributed by atoms with Crippen molar-refractivity contribution < 1.29 is 19.1 Å². The molecule has 1 aliphatic heterocycles. The lowest BCUT2D eigenvalue weighted by molar-refractivity contribution is -0.119. The summed E-state index contributed by atoms with van der Waals surface area (Å²) in [6.45, 7) is 1.06. The number of hydrogen-bond acceptors (Lipinski definition) is 4. The number of ether oxygens (including phenoxy) is 2. The van der Waals surface area contributed by atoms with Crippen molar-refractivity contribution >= 4 is 11.8 Å². The zero-order valence-electron chi connectivity index (χ0n) is 14.7. The van der Waals surface area contributed by atoms with E-state index < -0.39 is 5.91 Å². The number of carbonyl (C=O) groups excluding carboxylic acids is 2. The van der Waals surface area contributed by atoms with E-state index >= 15 is 0 Å². The van der Waals surface area contributed by atoms with Crippen molar-refractivity contribution in [2.24, 2.45) is 5.73 Å². The highest BCUT2D eigenvalue weighted by molar-refractivity contribution is 5.95. The number of fused-ring (bicyclic) bond motifs is 1. The molecule has 2 aromatic rings. The fourth-order valence-corrected chi connectivity index (χ4v) is 3.13. The van der Waals surface area contributed by atoms with Crippen molar-refractivity contribution in [3.05, 3.63) is 59.2 Å². The van der Waals surface area contributed by atoms with Gasteiger partial charge in [0.1, 0.15) is 0 Å². The summed E-state index contributed by atoms with van der Waals surface area (Å²) in [5.74, 6) is 0.147. The predicted molar refractivity (Wildman–Crippen MR) is 97.2 cm³/mol. The Morgan fingerprint density at radius 1 is 1.12 bits per heavy atom. The summed E-state index contributed by atoms with van der Waals surface area (Å²) in [4.78, 5) is 25.7. The Hall–Kier alpha value is -3.02. The van der Waals surface area contributed by atoms with Crippen molar-refractivity contribution in [2.75, 3.05) is 20.3 Å². The number of aryl methyl sites for hydroxylation is 1. The number of methoxy groups -OCH3 is 1. The molecule has 0 saturated heterocycles. The topological polar surface area (TPSA) is 81.9 Å². The smallest absolute Gasteiger partial charge is 0.255 e. The Morgan fingerprint density at radius 3 is 2.62 bits per heavy atom. The van der Waals surface area contributed by atoms with Crippen molar-refractivity contribution in [2.45, 2.75) is 19.4 Å². The second-order valence-corrected chi connectivity index (χ2v) is 6.22.